The van der Waals surface area contributed by atoms with Crippen LogP contribution in [0.1, 0.15) is 15.9 Å². The minimum absolute atomic E-state index is 0.428. The molecule has 0 aliphatic heterocycles. The molecule has 0 aliphatic carbocycles. The molecule has 2 aromatic heterocycles. The van der Waals surface area contributed by atoms with E-state index in [9.17, 15) is 5.11 Å². The van der Waals surface area contributed by atoms with E-state index in [4.69, 9.17) is 0 Å². The summed E-state index contributed by atoms with van der Waals surface area (Å²) < 4.78 is 1.87. The number of nitrogens with zero attached hydrogens (tertiary/aromatic N) is 2. The van der Waals surface area contributed by atoms with Crippen LogP contribution in [0.3, 0.4) is 0 Å². The Kier molecular flexibility index (Phi) is 2.65. The summed E-state index contributed by atoms with van der Waals surface area (Å²) in [5.74, 6) is 0. The van der Waals surface area contributed by atoms with Gasteiger partial charge in [-0.3, -0.25) is 0 Å². The van der Waals surface area contributed by atoms with E-state index in [1.807, 2.05) is 29.8 Å². The predicted octanol–water partition coefficient (Wildman–Crippen LogP) is 1.99. The van der Waals surface area contributed by atoms with Crippen LogP contribution < -0.4 is 0 Å². The largest absolute Gasteiger partial charge is 0.386 e. The average molecular weight is 208 g/mol. The number of aliphatic hydroxyl groups excluding tert-OH is 1. The van der Waals surface area contributed by atoms with Gasteiger partial charge in [0.25, 0.3) is 0 Å². The molecule has 3 nitrogen and oxygen atoms in total. The number of aliphatic hydroxyl groups is 1. The number of aryl methyl sites for hydroxylation is 1. The Balaban J connectivity index is 2.06. The fraction of sp³-hybridized carbons (Fsp3) is 0.300. The molecule has 0 bridgehead atoms. The van der Waals surface area contributed by atoms with Crippen LogP contribution in [0.15, 0.2) is 30.9 Å². The van der Waals surface area contributed by atoms with Crippen LogP contribution in [0.2, 0.25) is 0 Å². The molecule has 0 aliphatic rings. The molecule has 0 saturated carbocycles. The Bertz CT molecular complexity index is 394. The lowest BCUT2D eigenvalue weighted by Crippen LogP contribution is -2.05. The normalized spacial score (nSPS) is 13.0. The highest BCUT2D eigenvalue weighted by Gasteiger charge is 2.09. The van der Waals surface area contributed by atoms with Crippen molar-refractivity contribution in [3.05, 3.63) is 40.6 Å². The van der Waals surface area contributed by atoms with Gasteiger partial charge in [-0.2, -0.15) is 0 Å². The molecule has 2 rings (SSSR count). The second kappa shape index (κ2) is 3.94. The second-order valence-corrected chi connectivity index (χ2v) is 4.54. The average Bonchev–Trinajstić information content (AvgIpc) is 2.75. The first-order valence-electron chi connectivity index (χ1n) is 4.46. The van der Waals surface area contributed by atoms with Crippen molar-refractivity contribution in [1.82, 2.24) is 9.55 Å². The molecule has 4 heteroatoms. The minimum Gasteiger partial charge on any atom is -0.386 e. The van der Waals surface area contributed by atoms with Crippen LogP contribution in [0.5, 0.6) is 0 Å². The summed E-state index contributed by atoms with van der Waals surface area (Å²) in [5.41, 5.74) is 0. The smallest absolute Gasteiger partial charge is 0.106 e. The van der Waals surface area contributed by atoms with Gasteiger partial charge in [0.05, 0.1) is 12.9 Å². The molecule has 2 aromatic rings. The van der Waals surface area contributed by atoms with Gasteiger partial charge in [-0.25, -0.2) is 4.98 Å². The molecule has 74 valence electrons. The van der Waals surface area contributed by atoms with Gasteiger partial charge in [0.2, 0.25) is 0 Å². The summed E-state index contributed by atoms with van der Waals surface area (Å²) in [6.07, 6.45) is 4.85. The molecule has 0 saturated heterocycles. The van der Waals surface area contributed by atoms with Crippen molar-refractivity contribution in [2.75, 3.05) is 0 Å². The fourth-order valence-electron chi connectivity index (χ4n) is 1.32. The van der Waals surface area contributed by atoms with E-state index >= 15 is 0 Å². The summed E-state index contributed by atoms with van der Waals surface area (Å²) >= 11 is 1.63. The highest BCUT2D eigenvalue weighted by Crippen LogP contribution is 2.23. The zero-order valence-corrected chi connectivity index (χ0v) is 8.74. The van der Waals surface area contributed by atoms with Crippen molar-refractivity contribution in [1.29, 1.82) is 0 Å². The number of thiophene rings is 1. The predicted molar refractivity (Wildman–Crippen MR) is 56.2 cm³/mol. The lowest BCUT2D eigenvalue weighted by Gasteiger charge is -2.08. The van der Waals surface area contributed by atoms with Gasteiger partial charge in [-0.05, 0) is 19.1 Å². The summed E-state index contributed by atoms with van der Waals surface area (Å²) in [5, 5.41) is 9.87. The first-order chi connectivity index (χ1) is 6.75. The van der Waals surface area contributed by atoms with Crippen LogP contribution in [-0.2, 0) is 6.54 Å². The summed E-state index contributed by atoms with van der Waals surface area (Å²) in [4.78, 5) is 6.17. The summed E-state index contributed by atoms with van der Waals surface area (Å²) in [6.45, 7) is 2.61. The van der Waals surface area contributed by atoms with Crippen molar-refractivity contribution in [2.45, 2.75) is 19.6 Å². The Hall–Kier alpha value is -1.13. The molecule has 0 radical (unpaired) electrons. The quantitative estimate of drug-likeness (QED) is 0.837. The highest BCUT2D eigenvalue weighted by molar-refractivity contribution is 7.11. The van der Waals surface area contributed by atoms with Crippen molar-refractivity contribution in [3.63, 3.8) is 0 Å². The van der Waals surface area contributed by atoms with Crippen LogP contribution in [-0.4, -0.2) is 14.7 Å². The zero-order chi connectivity index (χ0) is 9.97. The SMILES string of the molecule is Cc1ccc(C(O)Cn2ccnc2)s1. The van der Waals surface area contributed by atoms with Gasteiger partial charge in [-0.1, -0.05) is 0 Å². The molecule has 2 heterocycles. The molecule has 1 N–H and O–H groups in total. The first-order valence-corrected chi connectivity index (χ1v) is 5.27. The minimum atomic E-state index is -0.428. The number of aromatic nitrogens is 2. The number of imidazole rings is 1. The van der Waals surface area contributed by atoms with E-state index in [0.29, 0.717) is 6.54 Å². The standard InChI is InChI=1S/C10H12N2OS/c1-8-2-3-10(14-8)9(13)6-12-5-4-11-7-12/h2-5,7,9,13H,6H2,1H3. The van der Waals surface area contributed by atoms with Crippen molar-refractivity contribution in [3.8, 4) is 0 Å². The Labute approximate surface area is 86.7 Å². The summed E-state index contributed by atoms with van der Waals surface area (Å²) in [6, 6.07) is 4.00. The van der Waals surface area contributed by atoms with E-state index in [-0.39, 0.29) is 0 Å². The number of rotatable bonds is 3. The summed E-state index contributed by atoms with van der Waals surface area (Å²) in [7, 11) is 0. The maximum absolute atomic E-state index is 9.87. The second-order valence-electron chi connectivity index (χ2n) is 3.22. The van der Waals surface area contributed by atoms with Gasteiger partial charge >= 0.3 is 0 Å². The maximum Gasteiger partial charge on any atom is 0.106 e. The van der Waals surface area contributed by atoms with E-state index in [1.54, 1.807) is 23.9 Å². The van der Waals surface area contributed by atoms with Crippen molar-refractivity contribution < 1.29 is 5.11 Å². The molecular formula is C10H12N2OS. The monoisotopic (exact) mass is 208 g/mol. The molecule has 0 aromatic carbocycles. The maximum atomic E-state index is 9.87. The third-order valence-electron chi connectivity index (χ3n) is 2.03. The third-order valence-corrected chi connectivity index (χ3v) is 3.13. The van der Waals surface area contributed by atoms with Gasteiger partial charge in [0, 0.05) is 22.1 Å². The first kappa shape index (κ1) is 9.43. The fourth-order valence-corrected chi connectivity index (χ4v) is 2.17. The lowest BCUT2D eigenvalue weighted by molar-refractivity contribution is 0.160. The van der Waals surface area contributed by atoms with Crippen molar-refractivity contribution in [2.24, 2.45) is 0 Å². The van der Waals surface area contributed by atoms with Crippen LogP contribution in [0.4, 0.5) is 0 Å². The molecular weight excluding hydrogens is 196 g/mol. The lowest BCUT2D eigenvalue weighted by atomic mass is 10.3. The Morgan fingerprint density at radius 2 is 2.43 bits per heavy atom. The number of hydrogen-bond donors (Lipinski definition) is 1. The third kappa shape index (κ3) is 2.02. The van der Waals surface area contributed by atoms with Crippen LogP contribution in [0.25, 0.3) is 0 Å². The van der Waals surface area contributed by atoms with Gasteiger partial charge in [-0.15, -0.1) is 11.3 Å². The van der Waals surface area contributed by atoms with Gasteiger partial charge in [0.15, 0.2) is 0 Å². The highest BCUT2D eigenvalue weighted by atomic mass is 32.1. The topological polar surface area (TPSA) is 38.0 Å². The molecule has 0 spiro atoms. The van der Waals surface area contributed by atoms with E-state index in [0.717, 1.165) is 4.88 Å². The molecule has 1 atom stereocenters. The molecule has 1 unspecified atom stereocenters. The molecule has 0 amide bonds. The molecule has 0 fully saturated rings. The Morgan fingerprint density at radius 1 is 1.57 bits per heavy atom. The van der Waals surface area contributed by atoms with E-state index < -0.39 is 6.10 Å². The Morgan fingerprint density at radius 3 is 3.00 bits per heavy atom. The van der Waals surface area contributed by atoms with Crippen molar-refractivity contribution >= 4 is 11.3 Å². The van der Waals surface area contributed by atoms with Crippen LogP contribution in [0, 0.1) is 6.92 Å². The zero-order valence-electron chi connectivity index (χ0n) is 7.92. The van der Waals surface area contributed by atoms with Gasteiger partial charge < -0.3 is 9.67 Å². The molecule has 14 heavy (non-hydrogen) atoms. The van der Waals surface area contributed by atoms with E-state index in [1.165, 1.54) is 4.88 Å². The van der Waals surface area contributed by atoms with Gasteiger partial charge in [0.1, 0.15) is 6.10 Å². The number of hydrogen-bond acceptors (Lipinski definition) is 3. The van der Waals surface area contributed by atoms with Crippen LogP contribution >= 0.6 is 11.3 Å². The van der Waals surface area contributed by atoms with E-state index in [2.05, 4.69) is 4.98 Å².